The number of hydrogen-bond acceptors (Lipinski definition) is 5. The Balaban J connectivity index is 1.39. The number of rotatable bonds is 6. The molecule has 9 heteroatoms. The summed E-state index contributed by atoms with van der Waals surface area (Å²) in [5.41, 5.74) is 1.47. The first kappa shape index (κ1) is 19.8. The predicted octanol–water partition coefficient (Wildman–Crippen LogP) is 3.74. The third kappa shape index (κ3) is 4.26. The molecule has 152 valence electrons. The lowest BCUT2D eigenvalue weighted by molar-refractivity contribution is 0.220. The number of anilines is 1. The first-order valence-corrected chi connectivity index (χ1v) is 11.5. The van der Waals surface area contributed by atoms with Crippen molar-refractivity contribution in [2.75, 3.05) is 19.4 Å². The Bertz CT molecular complexity index is 1110. The van der Waals surface area contributed by atoms with E-state index in [4.69, 9.17) is 0 Å². The van der Waals surface area contributed by atoms with Gasteiger partial charge in [0, 0.05) is 25.8 Å². The summed E-state index contributed by atoms with van der Waals surface area (Å²) in [5.74, 6) is 0. The van der Waals surface area contributed by atoms with Gasteiger partial charge in [0.05, 0.1) is 21.7 Å². The van der Waals surface area contributed by atoms with Gasteiger partial charge in [-0.2, -0.15) is 4.31 Å². The van der Waals surface area contributed by atoms with Crippen LogP contribution in [0.4, 0.5) is 10.5 Å². The van der Waals surface area contributed by atoms with Crippen molar-refractivity contribution in [3.05, 3.63) is 53.5 Å². The number of sulfonamides is 1. The third-order valence-corrected chi connectivity index (χ3v) is 7.85. The van der Waals surface area contributed by atoms with Crippen molar-refractivity contribution < 1.29 is 13.2 Å². The molecule has 0 radical (unpaired) electrons. The molecule has 3 aromatic rings. The van der Waals surface area contributed by atoms with Gasteiger partial charge in [-0.15, -0.1) is 11.3 Å². The number of nitrogens with zero attached hydrogens (tertiary/aromatic N) is 3. The number of benzene rings is 2. The zero-order chi connectivity index (χ0) is 20.6. The van der Waals surface area contributed by atoms with Gasteiger partial charge in [0.25, 0.3) is 0 Å². The number of carbonyl (C=O) groups excluding carboxylic acids is 1. The zero-order valence-corrected chi connectivity index (χ0v) is 17.8. The summed E-state index contributed by atoms with van der Waals surface area (Å²) in [4.78, 5) is 18.8. The van der Waals surface area contributed by atoms with Crippen LogP contribution in [-0.2, 0) is 16.6 Å². The fourth-order valence-electron chi connectivity index (χ4n) is 2.99. The van der Waals surface area contributed by atoms with E-state index >= 15 is 0 Å². The summed E-state index contributed by atoms with van der Waals surface area (Å²) in [5, 5.41) is 3.65. The molecule has 1 aliphatic rings. The Hall–Kier alpha value is -2.49. The minimum Gasteiger partial charge on any atom is -0.321 e. The molecule has 0 unspecified atom stereocenters. The van der Waals surface area contributed by atoms with Crippen LogP contribution in [0.5, 0.6) is 0 Å². The highest BCUT2D eigenvalue weighted by Crippen LogP contribution is 2.30. The van der Waals surface area contributed by atoms with Crippen molar-refractivity contribution in [1.29, 1.82) is 0 Å². The topological polar surface area (TPSA) is 82.6 Å². The highest BCUT2D eigenvalue weighted by Gasteiger charge is 2.34. The number of amides is 2. The molecule has 1 fully saturated rings. The van der Waals surface area contributed by atoms with Gasteiger partial charge in [-0.3, -0.25) is 0 Å². The molecule has 29 heavy (non-hydrogen) atoms. The van der Waals surface area contributed by atoms with E-state index in [-0.39, 0.29) is 17.0 Å². The summed E-state index contributed by atoms with van der Waals surface area (Å²) in [6.07, 6.45) is 1.82. The average Bonchev–Trinajstić information content (AvgIpc) is 3.47. The van der Waals surface area contributed by atoms with Crippen LogP contribution >= 0.6 is 11.3 Å². The van der Waals surface area contributed by atoms with E-state index in [1.807, 2.05) is 24.3 Å². The Labute approximate surface area is 174 Å². The summed E-state index contributed by atoms with van der Waals surface area (Å²) >= 11 is 1.56. The normalized spacial score (nSPS) is 14.3. The Morgan fingerprint density at radius 2 is 1.83 bits per heavy atom. The fourth-order valence-corrected chi connectivity index (χ4v) is 5.43. The number of para-hydroxylation sites is 1. The summed E-state index contributed by atoms with van der Waals surface area (Å²) in [6, 6.07) is 14.0. The smallest absolute Gasteiger partial charge is 0.321 e. The monoisotopic (exact) mass is 430 g/mol. The number of nitrogens with one attached hydrogen (secondary N) is 1. The second kappa shape index (κ2) is 7.74. The molecule has 7 nitrogen and oxygen atoms in total. The predicted molar refractivity (Wildman–Crippen MR) is 115 cm³/mol. The zero-order valence-electron chi connectivity index (χ0n) is 16.2. The van der Waals surface area contributed by atoms with Crippen molar-refractivity contribution in [3.8, 4) is 0 Å². The van der Waals surface area contributed by atoms with E-state index < -0.39 is 10.0 Å². The van der Waals surface area contributed by atoms with Gasteiger partial charge in [-0.05, 0) is 49.2 Å². The van der Waals surface area contributed by atoms with Crippen LogP contribution in [-0.4, -0.2) is 48.8 Å². The molecule has 1 N–H and O–H groups in total. The Kier molecular flexibility index (Phi) is 5.28. The van der Waals surface area contributed by atoms with E-state index in [0.29, 0.717) is 12.2 Å². The Morgan fingerprint density at radius 3 is 2.48 bits per heavy atom. The van der Waals surface area contributed by atoms with Gasteiger partial charge in [-0.25, -0.2) is 18.2 Å². The van der Waals surface area contributed by atoms with Crippen molar-refractivity contribution in [2.45, 2.75) is 30.3 Å². The number of aromatic nitrogens is 1. The lowest BCUT2D eigenvalue weighted by atomic mass is 10.3. The van der Waals surface area contributed by atoms with E-state index in [0.717, 1.165) is 28.1 Å². The molecular formula is C20H22N4O3S2. The van der Waals surface area contributed by atoms with Crippen LogP contribution in [0.25, 0.3) is 10.2 Å². The molecule has 0 atom stereocenters. The Morgan fingerprint density at radius 1 is 1.14 bits per heavy atom. The molecule has 0 bridgehead atoms. The van der Waals surface area contributed by atoms with Gasteiger partial charge >= 0.3 is 6.03 Å². The molecule has 4 rings (SSSR count). The second-order valence-corrected chi connectivity index (χ2v) is 10.3. The van der Waals surface area contributed by atoms with Gasteiger partial charge in [0.2, 0.25) is 10.0 Å². The van der Waals surface area contributed by atoms with Gasteiger partial charge in [-0.1, -0.05) is 12.1 Å². The van der Waals surface area contributed by atoms with E-state index in [1.54, 1.807) is 42.5 Å². The first-order valence-electron chi connectivity index (χ1n) is 9.29. The molecule has 1 aliphatic carbocycles. The minimum atomic E-state index is -3.49. The van der Waals surface area contributed by atoms with Crippen LogP contribution in [0, 0.1) is 0 Å². The van der Waals surface area contributed by atoms with Crippen LogP contribution < -0.4 is 5.32 Å². The molecule has 0 saturated heterocycles. The average molecular weight is 431 g/mol. The maximum Gasteiger partial charge on any atom is 0.321 e. The van der Waals surface area contributed by atoms with Gasteiger partial charge < -0.3 is 10.2 Å². The molecule has 0 aliphatic heterocycles. The van der Waals surface area contributed by atoms with Crippen molar-refractivity contribution in [1.82, 2.24) is 14.2 Å². The molecule has 2 amide bonds. The van der Waals surface area contributed by atoms with E-state index in [2.05, 4.69) is 10.3 Å². The molecule has 2 aromatic carbocycles. The highest BCUT2D eigenvalue weighted by atomic mass is 32.2. The second-order valence-electron chi connectivity index (χ2n) is 7.14. The number of urea groups is 1. The number of thiazole rings is 1. The highest BCUT2D eigenvalue weighted by molar-refractivity contribution is 7.89. The number of hydrogen-bond donors (Lipinski definition) is 1. The lowest BCUT2D eigenvalue weighted by Crippen LogP contribution is -2.31. The standard InChI is InChI=1S/C20H22N4O3S2/c1-23(13-19-22-17-5-3-4-6-18(17)28-19)20(25)21-14-7-11-16(12-8-14)29(26,27)24(2)15-9-10-15/h3-8,11-12,15H,9-10,13H2,1-2H3,(H,21,25). The quantitative estimate of drug-likeness (QED) is 0.646. The van der Waals surface area contributed by atoms with Crippen molar-refractivity contribution in [3.63, 3.8) is 0 Å². The number of fused-ring (bicyclic) bond motifs is 1. The van der Waals surface area contributed by atoms with Crippen LogP contribution in [0.15, 0.2) is 53.4 Å². The van der Waals surface area contributed by atoms with Crippen LogP contribution in [0.3, 0.4) is 0 Å². The van der Waals surface area contributed by atoms with E-state index in [1.165, 1.54) is 16.4 Å². The van der Waals surface area contributed by atoms with Crippen molar-refractivity contribution in [2.24, 2.45) is 0 Å². The molecule has 0 spiro atoms. The molecular weight excluding hydrogens is 408 g/mol. The molecule has 1 aromatic heterocycles. The minimum absolute atomic E-state index is 0.107. The summed E-state index contributed by atoms with van der Waals surface area (Å²) < 4.78 is 27.6. The maximum absolute atomic E-state index is 12.6. The molecule has 1 heterocycles. The van der Waals surface area contributed by atoms with E-state index in [9.17, 15) is 13.2 Å². The van der Waals surface area contributed by atoms with Crippen LogP contribution in [0.2, 0.25) is 0 Å². The maximum atomic E-state index is 12.6. The molecule has 1 saturated carbocycles. The largest absolute Gasteiger partial charge is 0.321 e. The number of carbonyl (C=O) groups is 1. The SMILES string of the molecule is CN(Cc1nc2ccccc2s1)C(=O)Nc1ccc(S(=O)(=O)N(C)C2CC2)cc1. The summed E-state index contributed by atoms with van der Waals surface area (Å²) in [7, 11) is -0.177. The van der Waals surface area contributed by atoms with Gasteiger partial charge in [0.1, 0.15) is 5.01 Å². The first-order chi connectivity index (χ1) is 13.8. The fraction of sp³-hybridized carbons (Fsp3) is 0.300. The summed E-state index contributed by atoms with van der Waals surface area (Å²) in [6.45, 7) is 0.393. The van der Waals surface area contributed by atoms with Gasteiger partial charge in [0.15, 0.2) is 0 Å². The lowest BCUT2D eigenvalue weighted by Gasteiger charge is -2.18. The van der Waals surface area contributed by atoms with Crippen molar-refractivity contribution >= 4 is 43.3 Å². The van der Waals surface area contributed by atoms with Crippen LogP contribution in [0.1, 0.15) is 17.8 Å². The third-order valence-electron chi connectivity index (χ3n) is 4.90.